The molecule has 0 radical (unpaired) electrons. The normalized spacial score (nSPS) is 30.4. The number of carbonyl (C=O) groups is 2. The molecule has 1 saturated carbocycles. The van der Waals surface area contributed by atoms with Crippen molar-refractivity contribution in [1.29, 1.82) is 0 Å². The van der Waals surface area contributed by atoms with Gasteiger partial charge >= 0.3 is 0 Å². The minimum atomic E-state index is -0.847. The number of likely N-dealkylation sites (tertiary alicyclic amines) is 1. The summed E-state index contributed by atoms with van der Waals surface area (Å²) in [6, 6.07) is 8.39. The molecule has 0 unspecified atom stereocenters. The van der Waals surface area contributed by atoms with Crippen molar-refractivity contribution in [2.75, 3.05) is 24.5 Å². The van der Waals surface area contributed by atoms with E-state index in [0.29, 0.717) is 38.6 Å². The number of hydrogen-bond donors (Lipinski definition) is 1. The third-order valence-electron chi connectivity index (χ3n) is 7.60. The highest BCUT2D eigenvalue weighted by molar-refractivity contribution is 6.00. The Morgan fingerprint density at radius 3 is 2.20 bits per heavy atom. The van der Waals surface area contributed by atoms with Gasteiger partial charge in [0.05, 0.1) is 11.0 Å². The number of benzene rings is 1. The third kappa shape index (κ3) is 4.01. The largest absolute Gasteiger partial charge is 0.388 e. The van der Waals surface area contributed by atoms with Gasteiger partial charge in [-0.15, -0.1) is 0 Å². The number of amides is 2. The lowest BCUT2D eigenvalue weighted by molar-refractivity contribution is -0.142. The van der Waals surface area contributed by atoms with E-state index in [1.165, 1.54) is 5.56 Å². The molecule has 2 saturated heterocycles. The topological polar surface area (TPSA) is 60.9 Å². The molecule has 1 N–H and O–H groups in total. The van der Waals surface area contributed by atoms with Gasteiger partial charge in [-0.05, 0) is 68.1 Å². The van der Waals surface area contributed by atoms with Crippen LogP contribution >= 0.6 is 0 Å². The molecule has 2 aliphatic heterocycles. The van der Waals surface area contributed by atoms with E-state index >= 15 is 0 Å². The van der Waals surface area contributed by atoms with Crippen LogP contribution in [0.2, 0.25) is 0 Å². The van der Waals surface area contributed by atoms with Gasteiger partial charge in [0.2, 0.25) is 11.8 Å². The van der Waals surface area contributed by atoms with Gasteiger partial charge in [0.15, 0.2) is 0 Å². The lowest BCUT2D eigenvalue weighted by Gasteiger charge is -2.43. The van der Waals surface area contributed by atoms with Crippen molar-refractivity contribution in [2.45, 2.75) is 83.2 Å². The van der Waals surface area contributed by atoms with Gasteiger partial charge in [0.25, 0.3) is 0 Å². The smallest absolute Gasteiger partial charge is 0.233 e. The molecule has 3 aliphatic rings. The Balaban J connectivity index is 1.41. The van der Waals surface area contributed by atoms with E-state index in [0.717, 1.165) is 38.0 Å². The standard InChI is InChI=1S/C25H36N2O3/c1-23(2,3)19-7-9-20(10-8-19)27-17-15-24(22(27)29)11-13-25(30,14-12-24)18-26-16-5-4-6-21(26)28/h7-10,30H,4-6,11-18H2,1-3H3. The first-order valence-electron chi connectivity index (χ1n) is 11.5. The molecule has 0 atom stereocenters. The number of rotatable bonds is 3. The Hall–Kier alpha value is -1.88. The SMILES string of the molecule is CC(C)(C)c1ccc(N2CCC3(CCC(O)(CN4CCCCC4=O)CC3)C2=O)cc1. The van der Waals surface area contributed by atoms with E-state index in [1.807, 2.05) is 9.80 Å². The maximum Gasteiger partial charge on any atom is 0.233 e. The maximum atomic E-state index is 13.4. The summed E-state index contributed by atoms with van der Waals surface area (Å²) in [6.07, 6.45) is 6.04. The van der Waals surface area contributed by atoms with Crippen molar-refractivity contribution < 1.29 is 14.7 Å². The maximum absolute atomic E-state index is 13.4. The van der Waals surface area contributed by atoms with E-state index in [9.17, 15) is 14.7 Å². The van der Waals surface area contributed by atoms with Crippen molar-refractivity contribution in [3.05, 3.63) is 29.8 Å². The van der Waals surface area contributed by atoms with E-state index < -0.39 is 5.60 Å². The zero-order valence-corrected chi connectivity index (χ0v) is 18.7. The molecule has 5 heteroatoms. The number of carbonyl (C=O) groups excluding carboxylic acids is 2. The van der Waals surface area contributed by atoms with Crippen molar-refractivity contribution >= 4 is 17.5 Å². The molecule has 1 aromatic carbocycles. The van der Waals surface area contributed by atoms with E-state index in [4.69, 9.17) is 0 Å². The minimum Gasteiger partial charge on any atom is -0.388 e. The molecule has 1 aliphatic carbocycles. The van der Waals surface area contributed by atoms with Gasteiger partial charge in [0, 0.05) is 31.7 Å². The summed E-state index contributed by atoms with van der Waals surface area (Å²) in [7, 11) is 0. The fraction of sp³-hybridized carbons (Fsp3) is 0.680. The number of aliphatic hydroxyl groups is 1. The molecule has 0 aromatic heterocycles. The molecular formula is C25H36N2O3. The van der Waals surface area contributed by atoms with Crippen LogP contribution in [0.4, 0.5) is 5.69 Å². The van der Waals surface area contributed by atoms with E-state index in [-0.39, 0.29) is 22.6 Å². The van der Waals surface area contributed by atoms with Gasteiger partial charge in [-0.3, -0.25) is 9.59 Å². The molecule has 3 fully saturated rings. The number of nitrogens with zero attached hydrogens (tertiary/aromatic N) is 2. The molecule has 1 aromatic rings. The van der Waals surface area contributed by atoms with Crippen LogP contribution in [0.1, 0.15) is 77.7 Å². The molecule has 2 amide bonds. The van der Waals surface area contributed by atoms with Crippen LogP contribution < -0.4 is 4.90 Å². The number of anilines is 1. The average Bonchev–Trinajstić information content (AvgIpc) is 3.02. The summed E-state index contributed by atoms with van der Waals surface area (Å²) in [5.41, 5.74) is 1.15. The van der Waals surface area contributed by atoms with Gasteiger partial charge in [-0.25, -0.2) is 0 Å². The lowest BCUT2D eigenvalue weighted by atomic mass is 9.67. The molecule has 1 spiro atoms. The second-order valence-electron chi connectivity index (χ2n) is 10.8. The first-order chi connectivity index (χ1) is 14.1. The van der Waals surface area contributed by atoms with Crippen molar-refractivity contribution in [1.82, 2.24) is 4.90 Å². The van der Waals surface area contributed by atoms with Crippen LogP contribution in [0.5, 0.6) is 0 Å². The predicted molar refractivity (Wildman–Crippen MR) is 118 cm³/mol. The van der Waals surface area contributed by atoms with Gasteiger partial charge < -0.3 is 14.9 Å². The van der Waals surface area contributed by atoms with Crippen LogP contribution in [-0.4, -0.2) is 47.1 Å². The highest BCUT2D eigenvalue weighted by atomic mass is 16.3. The first-order valence-corrected chi connectivity index (χ1v) is 11.5. The number of piperidine rings is 1. The fourth-order valence-electron chi connectivity index (χ4n) is 5.41. The Morgan fingerprint density at radius 1 is 0.933 bits per heavy atom. The van der Waals surface area contributed by atoms with Crippen LogP contribution in [0.3, 0.4) is 0 Å². The zero-order valence-electron chi connectivity index (χ0n) is 18.7. The average molecular weight is 413 g/mol. The Bertz CT molecular complexity index is 801. The van der Waals surface area contributed by atoms with Crippen LogP contribution in [0, 0.1) is 5.41 Å². The van der Waals surface area contributed by atoms with Crippen LogP contribution in [-0.2, 0) is 15.0 Å². The predicted octanol–water partition coefficient (Wildman–Crippen LogP) is 4.02. The molecule has 5 nitrogen and oxygen atoms in total. The minimum absolute atomic E-state index is 0.0956. The molecule has 30 heavy (non-hydrogen) atoms. The van der Waals surface area contributed by atoms with Crippen molar-refractivity contribution in [3.63, 3.8) is 0 Å². The monoisotopic (exact) mass is 412 g/mol. The second-order valence-corrected chi connectivity index (χ2v) is 10.8. The van der Waals surface area contributed by atoms with Gasteiger partial charge in [-0.1, -0.05) is 32.9 Å². The van der Waals surface area contributed by atoms with Gasteiger partial charge in [0.1, 0.15) is 0 Å². The van der Waals surface area contributed by atoms with E-state index in [1.54, 1.807) is 0 Å². The van der Waals surface area contributed by atoms with Crippen molar-refractivity contribution in [2.24, 2.45) is 5.41 Å². The Labute approximate surface area is 180 Å². The zero-order chi connectivity index (χ0) is 21.6. The van der Waals surface area contributed by atoms with Gasteiger partial charge in [-0.2, -0.15) is 0 Å². The van der Waals surface area contributed by atoms with Crippen LogP contribution in [0.15, 0.2) is 24.3 Å². The Kier molecular flexibility index (Phi) is 5.46. The summed E-state index contributed by atoms with van der Waals surface area (Å²) in [4.78, 5) is 29.3. The highest BCUT2D eigenvalue weighted by Crippen LogP contribution is 2.49. The third-order valence-corrected chi connectivity index (χ3v) is 7.60. The number of β-amino-alcohol motifs (C(OH)–C–C–N with tert-alkyl or cyclic N) is 1. The molecule has 2 heterocycles. The summed E-state index contributed by atoms with van der Waals surface area (Å²) in [5.74, 6) is 0.374. The lowest BCUT2D eigenvalue weighted by Crippen LogP contribution is -2.51. The Morgan fingerprint density at radius 2 is 1.60 bits per heavy atom. The molecular weight excluding hydrogens is 376 g/mol. The summed E-state index contributed by atoms with van der Waals surface area (Å²) in [5, 5.41) is 11.1. The molecule has 164 valence electrons. The quantitative estimate of drug-likeness (QED) is 0.816. The summed E-state index contributed by atoms with van der Waals surface area (Å²) < 4.78 is 0. The molecule has 0 bridgehead atoms. The van der Waals surface area contributed by atoms with Crippen molar-refractivity contribution in [3.8, 4) is 0 Å². The highest BCUT2D eigenvalue weighted by Gasteiger charge is 2.52. The first kappa shape index (κ1) is 21.4. The van der Waals surface area contributed by atoms with E-state index in [2.05, 4.69) is 45.0 Å². The second kappa shape index (κ2) is 7.67. The summed E-state index contributed by atoms with van der Waals surface area (Å²) in [6.45, 7) is 8.50. The summed E-state index contributed by atoms with van der Waals surface area (Å²) >= 11 is 0. The fourth-order valence-corrected chi connectivity index (χ4v) is 5.41. The van der Waals surface area contributed by atoms with Crippen LogP contribution in [0.25, 0.3) is 0 Å². The molecule has 4 rings (SSSR count). The number of hydrogen-bond acceptors (Lipinski definition) is 3.